The Morgan fingerprint density at radius 1 is 1.04 bits per heavy atom. The fourth-order valence-electron chi connectivity index (χ4n) is 3.85. The monoisotopic (exact) mass is 388 g/mol. The maximum Gasteiger partial charge on any atom is 0.177 e. The Balaban J connectivity index is 1.74. The SMILES string of the molecule is COc1ccccc1N1C(=S)N(Cc2ccccc2)[C@@H]2CS(=O)(=O)C[C@@H]21. The maximum absolute atomic E-state index is 12.4. The average Bonchev–Trinajstić information content (AvgIpc) is 3.07. The van der Waals surface area contributed by atoms with Gasteiger partial charge in [-0.2, -0.15) is 0 Å². The van der Waals surface area contributed by atoms with Crippen molar-refractivity contribution in [1.82, 2.24) is 4.90 Å². The zero-order chi connectivity index (χ0) is 18.3. The fraction of sp³-hybridized carbons (Fsp3) is 0.316. The second kappa shape index (κ2) is 6.55. The van der Waals surface area contributed by atoms with E-state index in [4.69, 9.17) is 17.0 Å². The van der Waals surface area contributed by atoms with Crippen molar-refractivity contribution in [3.8, 4) is 5.75 Å². The molecule has 0 aromatic heterocycles. The van der Waals surface area contributed by atoms with Crippen LogP contribution in [0.5, 0.6) is 5.75 Å². The smallest absolute Gasteiger partial charge is 0.177 e. The lowest BCUT2D eigenvalue weighted by molar-refractivity contribution is 0.350. The van der Waals surface area contributed by atoms with Crippen molar-refractivity contribution in [3.05, 3.63) is 60.2 Å². The standard InChI is InChI=1S/C19H20N2O3S2/c1-24-18-10-6-5-9-15(18)21-17-13-26(22,23)12-16(17)20(19(21)25)11-14-7-3-2-4-8-14/h2-10,16-17H,11-13H2,1H3/t16-,17+/m1/s1. The van der Waals surface area contributed by atoms with E-state index >= 15 is 0 Å². The van der Waals surface area contributed by atoms with Crippen LogP contribution in [0.4, 0.5) is 5.69 Å². The molecule has 0 bridgehead atoms. The molecule has 2 saturated heterocycles. The van der Waals surface area contributed by atoms with Crippen molar-refractivity contribution in [1.29, 1.82) is 0 Å². The predicted octanol–water partition coefficient (Wildman–Crippen LogP) is 2.47. The molecule has 0 saturated carbocycles. The van der Waals surface area contributed by atoms with Crippen molar-refractivity contribution in [2.45, 2.75) is 18.6 Å². The van der Waals surface area contributed by atoms with E-state index in [-0.39, 0.29) is 23.6 Å². The van der Waals surface area contributed by atoms with Gasteiger partial charge in [0.05, 0.1) is 36.4 Å². The van der Waals surface area contributed by atoms with Crippen LogP contribution in [-0.4, -0.2) is 49.1 Å². The molecular formula is C19H20N2O3S2. The number of anilines is 1. The average molecular weight is 389 g/mol. The molecule has 2 aromatic rings. The normalized spacial score (nSPS) is 24.0. The Morgan fingerprint density at radius 3 is 2.42 bits per heavy atom. The molecular weight excluding hydrogens is 368 g/mol. The molecule has 2 fully saturated rings. The van der Waals surface area contributed by atoms with Gasteiger partial charge < -0.3 is 14.5 Å². The lowest BCUT2D eigenvalue weighted by Crippen LogP contribution is -2.37. The molecule has 0 amide bonds. The van der Waals surface area contributed by atoms with Gasteiger partial charge in [0.1, 0.15) is 5.75 Å². The number of para-hydroxylation sites is 2. The minimum Gasteiger partial charge on any atom is -0.495 e. The van der Waals surface area contributed by atoms with Gasteiger partial charge in [0, 0.05) is 6.54 Å². The third kappa shape index (κ3) is 2.95. The number of rotatable bonds is 4. The molecule has 26 heavy (non-hydrogen) atoms. The van der Waals surface area contributed by atoms with E-state index in [0.29, 0.717) is 17.4 Å². The van der Waals surface area contributed by atoms with Gasteiger partial charge in [0.15, 0.2) is 14.9 Å². The number of nitrogens with zero attached hydrogens (tertiary/aromatic N) is 2. The zero-order valence-electron chi connectivity index (χ0n) is 14.4. The van der Waals surface area contributed by atoms with Crippen molar-refractivity contribution >= 4 is 32.9 Å². The Bertz CT molecular complexity index is 931. The minimum absolute atomic E-state index is 0.112. The number of ether oxygens (including phenoxy) is 1. The van der Waals surface area contributed by atoms with Crippen LogP contribution >= 0.6 is 12.2 Å². The van der Waals surface area contributed by atoms with Gasteiger partial charge in [0.25, 0.3) is 0 Å². The molecule has 0 radical (unpaired) electrons. The number of methoxy groups -OCH3 is 1. The number of hydrogen-bond donors (Lipinski definition) is 0. The molecule has 2 heterocycles. The molecule has 4 rings (SSSR count). The minimum atomic E-state index is -3.10. The summed E-state index contributed by atoms with van der Waals surface area (Å²) in [6, 6.07) is 17.3. The van der Waals surface area contributed by atoms with Gasteiger partial charge in [-0.05, 0) is 29.9 Å². The Hall–Kier alpha value is -2.12. The molecule has 7 heteroatoms. The van der Waals surface area contributed by atoms with Crippen molar-refractivity contribution in [3.63, 3.8) is 0 Å². The van der Waals surface area contributed by atoms with Crippen LogP contribution in [0.2, 0.25) is 0 Å². The topological polar surface area (TPSA) is 49.9 Å². The van der Waals surface area contributed by atoms with Crippen LogP contribution in [0.25, 0.3) is 0 Å². The van der Waals surface area contributed by atoms with Gasteiger partial charge in [-0.1, -0.05) is 42.5 Å². The summed E-state index contributed by atoms with van der Waals surface area (Å²) in [6.07, 6.45) is 0. The van der Waals surface area contributed by atoms with E-state index in [1.54, 1.807) is 7.11 Å². The van der Waals surface area contributed by atoms with E-state index in [1.807, 2.05) is 64.4 Å². The van der Waals surface area contributed by atoms with Crippen LogP contribution < -0.4 is 9.64 Å². The second-order valence-corrected chi connectivity index (χ2v) is 9.17. The van der Waals surface area contributed by atoms with E-state index < -0.39 is 9.84 Å². The Labute approximate surface area is 159 Å². The molecule has 2 aliphatic rings. The molecule has 2 aromatic carbocycles. The first-order valence-corrected chi connectivity index (χ1v) is 10.7. The summed E-state index contributed by atoms with van der Waals surface area (Å²) in [7, 11) is -1.48. The highest BCUT2D eigenvalue weighted by atomic mass is 32.2. The summed E-state index contributed by atoms with van der Waals surface area (Å²) >= 11 is 5.78. The quantitative estimate of drug-likeness (QED) is 0.750. The summed E-state index contributed by atoms with van der Waals surface area (Å²) < 4.78 is 30.2. The predicted molar refractivity (Wildman–Crippen MR) is 106 cm³/mol. The van der Waals surface area contributed by atoms with Crippen molar-refractivity contribution < 1.29 is 13.2 Å². The van der Waals surface area contributed by atoms with Gasteiger partial charge >= 0.3 is 0 Å². The number of sulfone groups is 1. The van der Waals surface area contributed by atoms with Gasteiger partial charge in [-0.15, -0.1) is 0 Å². The summed E-state index contributed by atoms with van der Waals surface area (Å²) in [5.41, 5.74) is 1.93. The van der Waals surface area contributed by atoms with Crippen molar-refractivity contribution in [2.75, 3.05) is 23.5 Å². The maximum atomic E-state index is 12.4. The highest BCUT2D eigenvalue weighted by Gasteiger charge is 2.52. The third-order valence-electron chi connectivity index (χ3n) is 5.02. The zero-order valence-corrected chi connectivity index (χ0v) is 16.0. The van der Waals surface area contributed by atoms with Crippen LogP contribution in [0.1, 0.15) is 5.56 Å². The third-order valence-corrected chi connectivity index (χ3v) is 7.15. The molecule has 136 valence electrons. The van der Waals surface area contributed by atoms with E-state index in [2.05, 4.69) is 0 Å². The van der Waals surface area contributed by atoms with Crippen LogP contribution in [0.3, 0.4) is 0 Å². The molecule has 0 unspecified atom stereocenters. The number of hydrogen-bond acceptors (Lipinski definition) is 4. The van der Waals surface area contributed by atoms with Crippen LogP contribution in [0, 0.1) is 0 Å². The fourth-order valence-corrected chi connectivity index (χ4v) is 6.24. The molecule has 5 nitrogen and oxygen atoms in total. The summed E-state index contributed by atoms with van der Waals surface area (Å²) in [5.74, 6) is 0.941. The summed E-state index contributed by atoms with van der Waals surface area (Å²) in [4.78, 5) is 4.01. The molecule has 0 spiro atoms. The van der Waals surface area contributed by atoms with E-state index in [1.165, 1.54) is 0 Å². The number of fused-ring (bicyclic) bond motifs is 1. The molecule has 2 aliphatic heterocycles. The highest BCUT2D eigenvalue weighted by Crippen LogP contribution is 2.39. The first-order valence-electron chi connectivity index (χ1n) is 8.47. The second-order valence-electron chi connectivity index (χ2n) is 6.65. The lowest BCUT2D eigenvalue weighted by atomic mass is 10.1. The first kappa shape index (κ1) is 17.3. The molecule has 2 atom stereocenters. The highest BCUT2D eigenvalue weighted by molar-refractivity contribution is 7.91. The summed E-state index contributed by atoms with van der Waals surface area (Å²) in [5, 5.41) is 0.656. The van der Waals surface area contributed by atoms with Gasteiger partial charge in [-0.25, -0.2) is 8.42 Å². The molecule has 0 aliphatic carbocycles. The Morgan fingerprint density at radius 2 is 1.69 bits per heavy atom. The van der Waals surface area contributed by atoms with Gasteiger partial charge in [0.2, 0.25) is 0 Å². The number of benzene rings is 2. The Kier molecular flexibility index (Phi) is 4.36. The molecule has 0 N–H and O–H groups in total. The number of thiocarbonyl (C=S) groups is 1. The lowest BCUT2D eigenvalue weighted by Gasteiger charge is -2.26. The van der Waals surface area contributed by atoms with Crippen molar-refractivity contribution in [2.24, 2.45) is 0 Å². The van der Waals surface area contributed by atoms with Crippen LogP contribution in [-0.2, 0) is 16.4 Å². The first-order chi connectivity index (χ1) is 12.5. The van der Waals surface area contributed by atoms with E-state index in [0.717, 1.165) is 11.3 Å². The summed E-state index contributed by atoms with van der Waals surface area (Å²) in [6.45, 7) is 0.599. The van der Waals surface area contributed by atoms with Crippen LogP contribution in [0.15, 0.2) is 54.6 Å². The van der Waals surface area contributed by atoms with Gasteiger partial charge in [-0.3, -0.25) is 0 Å². The largest absolute Gasteiger partial charge is 0.495 e. The van der Waals surface area contributed by atoms with E-state index in [9.17, 15) is 8.42 Å².